The van der Waals surface area contributed by atoms with E-state index in [9.17, 15) is 0 Å². The molecule has 12 heavy (non-hydrogen) atoms. The minimum Gasteiger partial charge on any atom is -0.278 e. The summed E-state index contributed by atoms with van der Waals surface area (Å²) < 4.78 is 0. The van der Waals surface area contributed by atoms with Crippen LogP contribution in [0.3, 0.4) is 0 Å². The van der Waals surface area contributed by atoms with E-state index in [0.717, 1.165) is 11.4 Å². The molecular formula is C10H12N2. The molecule has 0 fully saturated rings. The Morgan fingerprint density at radius 1 is 1.42 bits per heavy atom. The first kappa shape index (κ1) is 8.53. The lowest BCUT2D eigenvalue weighted by atomic mass is 10.3. The summed E-state index contributed by atoms with van der Waals surface area (Å²) in [6, 6.07) is 9.80. The molecule has 0 saturated carbocycles. The lowest BCUT2D eigenvalue weighted by molar-refractivity contribution is 1.33. The molecule has 1 aromatic carbocycles. The summed E-state index contributed by atoms with van der Waals surface area (Å²) in [5, 5.41) is 4.06. The third-order valence-electron chi connectivity index (χ3n) is 1.43. The molecule has 0 saturated heterocycles. The van der Waals surface area contributed by atoms with Gasteiger partial charge in [-0.3, -0.25) is 5.43 Å². The van der Waals surface area contributed by atoms with E-state index in [1.807, 2.05) is 37.3 Å². The number of para-hydroxylation sites is 1. The SMILES string of the molecule is C=C/C(C)=N\Nc1ccccc1. The van der Waals surface area contributed by atoms with E-state index < -0.39 is 0 Å². The highest BCUT2D eigenvalue weighted by atomic mass is 15.3. The summed E-state index contributed by atoms with van der Waals surface area (Å²) in [6.07, 6.45) is 1.70. The van der Waals surface area contributed by atoms with Crippen molar-refractivity contribution in [3.05, 3.63) is 43.0 Å². The Morgan fingerprint density at radius 2 is 2.08 bits per heavy atom. The smallest absolute Gasteiger partial charge is 0.0570 e. The molecule has 2 nitrogen and oxygen atoms in total. The van der Waals surface area contributed by atoms with E-state index in [2.05, 4.69) is 17.1 Å². The zero-order valence-electron chi connectivity index (χ0n) is 7.12. The van der Waals surface area contributed by atoms with Crippen molar-refractivity contribution in [2.75, 3.05) is 5.43 Å². The summed E-state index contributed by atoms with van der Waals surface area (Å²) in [4.78, 5) is 0. The molecule has 0 spiro atoms. The molecule has 0 aliphatic rings. The van der Waals surface area contributed by atoms with Crippen molar-refractivity contribution in [2.24, 2.45) is 5.10 Å². The van der Waals surface area contributed by atoms with Crippen molar-refractivity contribution in [1.29, 1.82) is 0 Å². The second-order valence-electron chi connectivity index (χ2n) is 2.44. The molecule has 62 valence electrons. The maximum atomic E-state index is 4.06. The first-order valence-corrected chi connectivity index (χ1v) is 3.80. The summed E-state index contributed by atoms with van der Waals surface area (Å²) in [6.45, 7) is 5.49. The van der Waals surface area contributed by atoms with Gasteiger partial charge in [0.25, 0.3) is 0 Å². The highest BCUT2D eigenvalue weighted by Crippen LogP contribution is 2.04. The van der Waals surface area contributed by atoms with Gasteiger partial charge in [-0.2, -0.15) is 5.10 Å². The van der Waals surface area contributed by atoms with Gasteiger partial charge in [0, 0.05) is 0 Å². The molecule has 0 radical (unpaired) electrons. The Kier molecular flexibility index (Phi) is 3.08. The van der Waals surface area contributed by atoms with Gasteiger partial charge in [-0.25, -0.2) is 0 Å². The molecule has 0 bridgehead atoms. The summed E-state index contributed by atoms with van der Waals surface area (Å²) in [5.41, 5.74) is 4.77. The van der Waals surface area contributed by atoms with Crippen LogP contribution >= 0.6 is 0 Å². The number of benzene rings is 1. The largest absolute Gasteiger partial charge is 0.278 e. The van der Waals surface area contributed by atoms with Gasteiger partial charge in [-0.05, 0) is 25.1 Å². The number of nitrogens with one attached hydrogen (secondary N) is 1. The first-order valence-electron chi connectivity index (χ1n) is 3.80. The minimum atomic E-state index is 0.874. The molecule has 0 atom stereocenters. The molecular weight excluding hydrogens is 148 g/mol. The van der Waals surface area contributed by atoms with Crippen molar-refractivity contribution in [3.8, 4) is 0 Å². The number of hydrogen-bond acceptors (Lipinski definition) is 2. The van der Waals surface area contributed by atoms with Gasteiger partial charge in [0.1, 0.15) is 0 Å². The van der Waals surface area contributed by atoms with Crippen molar-refractivity contribution < 1.29 is 0 Å². The Labute approximate surface area is 72.6 Å². The lowest BCUT2D eigenvalue weighted by Crippen LogP contribution is -1.92. The van der Waals surface area contributed by atoms with Gasteiger partial charge in [0.05, 0.1) is 11.4 Å². The van der Waals surface area contributed by atoms with Crippen LogP contribution in [-0.4, -0.2) is 5.71 Å². The predicted octanol–water partition coefficient (Wildman–Crippen LogP) is 2.66. The molecule has 1 aromatic rings. The molecule has 1 N–H and O–H groups in total. The fourth-order valence-corrected chi connectivity index (χ4v) is 0.711. The lowest BCUT2D eigenvalue weighted by Gasteiger charge is -1.98. The average molecular weight is 160 g/mol. The monoisotopic (exact) mass is 160 g/mol. The van der Waals surface area contributed by atoms with Crippen LogP contribution in [0.2, 0.25) is 0 Å². The topological polar surface area (TPSA) is 24.4 Å². The Balaban J connectivity index is 2.60. The molecule has 0 amide bonds. The zero-order chi connectivity index (χ0) is 8.81. The van der Waals surface area contributed by atoms with Crippen LogP contribution in [0.5, 0.6) is 0 Å². The standard InChI is InChI=1S/C10H12N2/c1-3-9(2)11-12-10-7-5-4-6-8-10/h3-8,12H,1H2,2H3/b11-9-. The Bertz CT molecular complexity index is 275. The molecule has 0 heterocycles. The molecule has 2 heteroatoms. The van der Waals surface area contributed by atoms with Crippen LogP contribution < -0.4 is 5.43 Å². The number of hydrazone groups is 1. The second-order valence-corrected chi connectivity index (χ2v) is 2.44. The van der Waals surface area contributed by atoms with Crippen LogP contribution in [0, 0.1) is 0 Å². The predicted molar refractivity (Wildman–Crippen MR) is 53.4 cm³/mol. The van der Waals surface area contributed by atoms with E-state index in [1.54, 1.807) is 6.08 Å². The van der Waals surface area contributed by atoms with E-state index >= 15 is 0 Å². The fourth-order valence-electron chi connectivity index (χ4n) is 0.711. The van der Waals surface area contributed by atoms with Crippen molar-refractivity contribution in [3.63, 3.8) is 0 Å². The molecule has 0 aliphatic carbocycles. The van der Waals surface area contributed by atoms with E-state index in [-0.39, 0.29) is 0 Å². The van der Waals surface area contributed by atoms with Crippen LogP contribution in [0.4, 0.5) is 5.69 Å². The van der Waals surface area contributed by atoms with Crippen LogP contribution in [0.25, 0.3) is 0 Å². The zero-order valence-corrected chi connectivity index (χ0v) is 7.12. The van der Waals surface area contributed by atoms with Crippen LogP contribution in [0.15, 0.2) is 48.1 Å². The van der Waals surface area contributed by atoms with Gasteiger partial charge in [0.2, 0.25) is 0 Å². The summed E-state index contributed by atoms with van der Waals surface area (Å²) in [7, 11) is 0. The van der Waals surface area contributed by atoms with Gasteiger partial charge in [-0.15, -0.1) is 0 Å². The number of anilines is 1. The number of nitrogens with zero attached hydrogens (tertiary/aromatic N) is 1. The molecule has 1 rings (SSSR count). The third kappa shape index (κ3) is 2.58. The average Bonchev–Trinajstić information content (AvgIpc) is 2.16. The van der Waals surface area contributed by atoms with Crippen molar-refractivity contribution in [2.45, 2.75) is 6.92 Å². The number of allylic oxidation sites excluding steroid dienone is 1. The maximum absolute atomic E-state index is 4.06. The maximum Gasteiger partial charge on any atom is 0.0570 e. The van der Waals surface area contributed by atoms with Crippen LogP contribution in [0.1, 0.15) is 6.92 Å². The molecule has 0 aromatic heterocycles. The van der Waals surface area contributed by atoms with E-state index in [1.165, 1.54) is 0 Å². The minimum absolute atomic E-state index is 0.874. The molecule has 0 aliphatic heterocycles. The Morgan fingerprint density at radius 3 is 2.67 bits per heavy atom. The van der Waals surface area contributed by atoms with E-state index in [0.29, 0.717) is 0 Å². The normalized spacial score (nSPS) is 10.9. The fraction of sp³-hybridized carbons (Fsp3) is 0.100. The van der Waals surface area contributed by atoms with Gasteiger partial charge < -0.3 is 0 Å². The van der Waals surface area contributed by atoms with Gasteiger partial charge in [0.15, 0.2) is 0 Å². The summed E-state index contributed by atoms with van der Waals surface area (Å²) in [5.74, 6) is 0. The van der Waals surface area contributed by atoms with Gasteiger partial charge in [-0.1, -0.05) is 24.8 Å². The van der Waals surface area contributed by atoms with Crippen molar-refractivity contribution in [1.82, 2.24) is 0 Å². The van der Waals surface area contributed by atoms with Crippen molar-refractivity contribution >= 4 is 11.4 Å². The van der Waals surface area contributed by atoms with Crippen LogP contribution in [-0.2, 0) is 0 Å². The first-order chi connectivity index (χ1) is 5.83. The molecule has 0 unspecified atom stereocenters. The third-order valence-corrected chi connectivity index (χ3v) is 1.43. The summed E-state index contributed by atoms with van der Waals surface area (Å²) >= 11 is 0. The second kappa shape index (κ2) is 4.34. The highest BCUT2D eigenvalue weighted by Gasteiger charge is 1.85. The van der Waals surface area contributed by atoms with E-state index in [4.69, 9.17) is 0 Å². The van der Waals surface area contributed by atoms with Gasteiger partial charge >= 0.3 is 0 Å². The number of rotatable bonds is 3. The highest BCUT2D eigenvalue weighted by molar-refractivity contribution is 5.92. The number of hydrogen-bond donors (Lipinski definition) is 1. The quantitative estimate of drug-likeness (QED) is 0.533. The Hall–Kier alpha value is -1.57.